The van der Waals surface area contributed by atoms with Crippen LogP contribution in [0, 0.1) is 0 Å². The van der Waals surface area contributed by atoms with Crippen molar-refractivity contribution >= 4 is 66.4 Å². The van der Waals surface area contributed by atoms with Crippen LogP contribution in [0.25, 0.3) is 22.0 Å². The van der Waals surface area contributed by atoms with Crippen molar-refractivity contribution < 1.29 is 9.53 Å². The van der Waals surface area contributed by atoms with Gasteiger partial charge in [-0.25, -0.2) is 4.98 Å². The Morgan fingerprint density at radius 2 is 1.93 bits per heavy atom. The van der Waals surface area contributed by atoms with E-state index in [0.29, 0.717) is 10.7 Å². The van der Waals surface area contributed by atoms with Crippen LogP contribution in [0.4, 0.5) is 5.13 Å². The maximum Gasteiger partial charge on any atom is 0.258 e. The Morgan fingerprint density at radius 3 is 2.73 bits per heavy atom. The van der Waals surface area contributed by atoms with Crippen LogP contribution < -0.4 is 15.4 Å². The van der Waals surface area contributed by atoms with Gasteiger partial charge in [0.15, 0.2) is 10.2 Å². The molecule has 0 aliphatic heterocycles. The smallest absolute Gasteiger partial charge is 0.258 e. The van der Waals surface area contributed by atoms with Gasteiger partial charge in [0.05, 0.1) is 17.3 Å². The molecule has 3 aromatic carbocycles. The molecule has 30 heavy (non-hydrogen) atoms. The Labute approximate surface area is 191 Å². The van der Waals surface area contributed by atoms with Crippen molar-refractivity contribution in [3.63, 3.8) is 0 Å². The van der Waals surface area contributed by atoms with Crippen molar-refractivity contribution in [3.8, 4) is 17.0 Å². The summed E-state index contributed by atoms with van der Waals surface area (Å²) in [6, 6.07) is 19.1. The summed E-state index contributed by atoms with van der Waals surface area (Å²) >= 11 is 10.2. The molecule has 0 unspecified atom stereocenters. The van der Waals surface area contributed by atoms with Crippen LogP contribution in [0.5, 0.6) is 5.75 Å². The van der Waals surface area contributed by atoms with Crippen molar-refractivity contribution in [2.24, 2.45) is 0 Å². The SMILES string of the molecule is COc1ccc(-c2csc(NC(=S)NC(=O)c3cccc4ccccc34)n2)cc1Br. The summed E-state index contributed by atoms with van der Waals surface area (Å²) < 4.78 is 6.11. The first-order chi connectivity index (χ1) is 14.5. The highest BCUT2D eigenvalue weighted by Crippen LogP contribution is 2.32. The number of ether oxygens (including phenoxy) is 1. The lowest BCUT2D eigenvalue weighted by Crippen LogP contribution is -2.34. The van der Waals surface area contributed by atoms with E-state index in [9.17, 15) is 4.79 Å². The summed E-state index contributed by atoms with van der Waals surface area (Å²) in [6.45, 7) is 0. The maximum absolute atomic E-state index is 12.7. The van der Waals surface area contributed by atoms with Gasteiger partial charge in [0.1, 0.15) is 5.75 Å². The number of anilines is 1. The summed E-state index contributed by atoms with van der Waals surface area (Å²) in [5.41, 5.74) is 2.31. The van der Waals surface area contributed by atoms with Crippen molar-refractivity contribution in [1.82, 2.24) is 10.3 Å². The van der Waals surface area contributed by atoms with Gasteiger partial charge in [0.2, 0.25) is 0 Å². The number of hydrogen-bond acceptors (Lipinski definition) is 5. The second kappa shape index (κ2) is 8.91. The van der Waals surface area contributed by atoms with Crippen molar-refractivity contribution in [2.75, 3.05) is 12.4 Å². The van der Waals surface area contributed by atoms with Gasteiger partial charge >= 0.3 is 0 Å². The number of aromatic nitrogens is 1. The van der Waals surface area contributed by atoms with Crippen LogP contribution in [0.2, 0.25) is 0 Å². The molecule has 1 aromatic heterocycles. The molecule has 0 saturated carbocycles. The molecule has 1 heterocycles. The highest BCUT2D eigenvalue weighted by Gasteiger charge is 2.13. The van der Waals surface area contributed by atoms with E-state index in [1.807, 2.05) is 60.0 Å². The number of thiazole rings is 1. The fourth-order valence-corrected chi connectivity index (χ4v) is 4.53. The molecular weight excluding hydrogens is 482 g/mol. The average Bonchev–Trinajstić information content (AvgIpc) is 3.21. The van der Waals surface area contributed by atoms with Crippen LogP contribution in [0.3, 0.4) is 0 Å². The molecule has 5 nitrogen and oxygen atoms in total. The number of nitrogens with one attached hydrogen (secondary N) is 2. The fraction of sp³-hybridized carbons (Fsp3) is 0.0455. The number of hydrogen-bond donors (Lipinski definition) is 2. The van der Waals surface area contributed by atoms with E-state index in [2.05, 4.69) is 31.5 Å². The van der Waals surface area contributed by atoms with Crippen LogP contribution in [0.15, 0.2) is 70.5 Å². The molecule has 4 aromatic rings. The minimum atomic E-state index is -0.264. The van der Waals surface area contributed by atoms with Gasteiger partial charge in [-0.1, -0.05) is 36.4 Å². The lowest BCUT2D eigenvalue weighted by molar-refractivity contribution is 0.0979. The van der Waals surface area contributed by atoms with Crippen molar-refractivity contribution in [1.29, 1.82) is 0 Å². The Balaban J connectivity index is 1.46. The van der Waals surface area contributed by atoms with E-state index in [-0.39, 0.29) is 11.0 Å². The highest BCUT2D eigenvalue weighted by atomic mass is 79.9. The van der Waals surface area contributed by atoms with Gasteiger partial charge in [0, 0.05) is 16.5 Å². The molecule has 0 aliphatic rings. The number of carbonyl (C=O) groups is 1. The Bertz CT molecular complexity index is 1250. The molecule has 4 rings (SSSR count). The summed E-state index contributed by atoms with van der Waals surface area (Å²) in [7, 11) is 1.62. The van der Waals surface area contributed by atoms with Crippen molar-refractivity contribution in [2.45, 2.75) is 0 Å². The first-order valence-electron chi connectivity index (χ1n) is 8.94. The Hall–Kier alpha value is -2.81. The van der Waals surface area contributed by atoms with Gasteiger partial charge in [-0.2, -0.15) is 0 Å². The number of fused-ring (bicyclic) bond motifs is 1. The van der Waals surface area contributed by atoms with Gasteiger partial charge in [0.25, 0.3) is 5.91 Å². The molecule has 1 amide bonds. The van der Waals surface area contributed by atoms with Crippen LogP contribution in [-0.2, 0) is 0 Å². The summed E-state index contributed by atoms with van der Waals surface area (Å²) in [5, 5.41) is 10.3. The lowest BCUT2D eigenvalue weighted by Gasteiger charge is -2.09. The predicted molar refractivity (Wildman–Crippen MR) is 129 cm³/mol. The zero-order valence-electron chi connectivity index (χ0n) is 15.8. The standard InChI is InChI=1S/C22H16BrN3O2S2/c1-28-19-10-9-14(11-17(19)23)18-12-30-22(24-18)26-21(29)25-20(27)16-8-4-6-13-5-2-3-7-15(13)16/h2-12H,1H3,(H2,24,25,26,27,29). The van der Waals surface area contributed by atoms with E-state index in [1.54, 1.807) is 13.2 Å². The summed E-state index contributed by atoms with van der Waals surface area (Å²) in [6.07, 6.45) is 0. The second-order valence-electron chi connectivity index (χ2n) is 6.32. The summed E-state index contributed by atoms with van der Waals surface area (Å²) in [4.78, 5) is 17.3. The number of rotatable bonds is 4. The number of methoxy groups -OCH3 is 1. The van der Waals surface area contributed by atoms with E-state index in [4.69, 9.17) is 17.0 Å². The third-order valence-electron chi connectivity index (χ3n) is 4.43. The van der Waals surface area contributed by atoms with Gasteiger partial charge in [-0.05, 0) is 63.2 Å². The monoisotopic (exact) mass is 497 g/mol. The average molecular weight is 498 g/mol. The highest BCUT2D eigenvalue weighted by molar-refractivity contribution is 9.10. The number of nitrogens with zero attached hydrogens (tertiary/aromatic N) is 1. The van der Waals surface area contributed by atoms with Crippen LogP contribution >= 0.6 is 39.5 Å². The zero-order valence-corrected chi connectivity index (χ0v) is 19.0. The van der Waals surface area contributed by atoms with Gasteiger partial charge in [-0.3, -0.25) is 10.1 Å². The molecule has 0 aliphatic carbocycles. The molecule has 0 radical (unpaired) electrons. The van der Waals surface area contributed by atoms with E-state index >= 15 is 0 Å². The number of benzene rings is 3. The first kappa shape index (κ1) is 20.5. The molecule has 0 spiro atoms. The predicted octanol–water partition coefficient (Wildman–Crippen LogP) is 5.86. The molecule has 0 saturated heterocycles. The fourth-order valence-electron chi connectivity index (χ4n) is 3.01. The van der Waals surface area contributed by atoms with E-state index in [0.717, 1.165) is 32.3 Å². The molecule has 150 valence electrons. The molecule has 0 fully saturated rings. The Kier molecular flexibility index (Phi) is 6.08. The number of halogens is 1. The maximum atomic E-state index is 12.7. The number of carbonyl (C=O) groups excluding carboxylic acids is 1. The second-order valence-corrected chi connectivity index (χ2v) is 8.44. The molecule has 0 bridgehead atoms. The largest absolute Gasteiger partial charge is 0.496 e. The summed E-state index contributed by atoms with van der Waals surface area (Å²) in [5.74, 6) is 0.491. The van der Waals surface area contributed by atoms with Crippen LogP contribution in [-0.4, -0.2) is 23.1 Å². The zero-order chi connectivity index (χ0) is 21.1. The minimum absolute atomic E-state index is 0.199. The minimum Gasteiger partial charge on any atom is -0.496 e. The third kappa shape index (κ3) is 4.35. The number of amides is 1. The Morgan fingerprint density at radius 1 is 1.13 bits per heavy atom. The lowest BCUT2D eigenvalue weighted by atomic mass is 10.0. The van der Waals surface area contributed by atoms with Crippen molar-refractivity contribution in [3.05, 3.63) is 76.1 Å². The van der Waals surface area contributed by atoms with Gasteiger partial charge in [-0.15, -0.1) is 11.3 Å². The van der Waals surface area contributed by atoms with Gasteiger partial charge < -0.3 is 10.1 Å². The quantitative estimate of drug-likeness (QED) is 0.345. The first-order valence-corrected chi connectivity index (χ1v) is 11.0. The molecular formula is C22H16BrN3O2S2. The normalized spacial score (nSPS) is 10.6. The molecule has 8 heteroatoms. The van der Waals surface area contributed by atoms with E-state index in [1.165, 1.54) is 11.3 Å². The van der Waals surface area contributed by atoms with Crippen LogP contribution in [0.1, 0.15) is 10.4 Å². The van der Waals surface area contributed by atoms with E-state index < -0.39 is 0 Å². The third-order valence-corrected chi connectivity index (χ3v) is 6.02. The molecule has 0 atom stereocenters. The molecule has 2 N–H and O–H groups in total. The topological polar surface area (TPSA) is 63.2 Å². The number of thiocarbonyl (C=S) groups is 1.